The molecule has 0 radical (unpaired) electrons. The van der Waals surface area contributed by atoms with Gasteiger partial charge in [-0.25, -0.2) is 0 Å². The predicted octanol–water partition coefficient (Wildman–Crippen LogP) is 3.78. The Hall–Kier alpha value is -2.56. The number of aromatic amines is 1. The van der Waals surface area contributed by atoms with Gasteiger partial charge in [0.05, 0.1) is 18.9 Å². The number of benzene rings is 1. The molecule has 5 heteroatoms. The number of aryl methyl sites for hydroxylation is 1. The van der Waals surface area contributed by atoms with E-state index in [1.165, 1.54) is 0 Å². The molecule has 1 N–H and O–H groups in total. The Morgan fingerprint density at radius 3 is 2.64 bits per heavy atom. The lowest BCUT2D eigenvalue weighted by Gasteiger charge is -2.14. The maximum atomic E-state index is 12.5. The summed E-state index contributed by atoms with van der Waals surface area (Å²) in [6.45, 7) is 6.87. The Bertz CT molecular complexity index is 704. The van der Waals surface area contributed by atoms with Crippen molar-refractivity contribution >= 4 is 11.8 Å². The van der Waals surface area contributed by atoms with Crippen LogP contribution in [0.2, 0.25) is 0 Å². The zero-order chi connectivity index (χ0) is 18.2. The molecule has 0 saturated carbocycles. The van der Waals surface area contributed by atoms with Gasteiger partial charge in [0.15, 0.2) is 0 Å². The highest BCUT2D eigenvalue weighted by Gasteiger charge is 2.15. The predicted molar refractivity (Wildman–Crippen MR) is 96.0 cm³/mol. The topological polar surface area (TPSA) is 68.4 Å². The van der Waals surface area contributed by atoms with E-state index in [1.807, 2.05) is 0 Å². The monoisotopic (exact) mass is 343 g/mol. The van der Waals surface area contributed by atoms with Gasteiger partial charge in [-0.1, -0.05) is 13.8 Å². The van der Waals surface area contributed by atoms with Crippen LogP contribution in [-0.2, 0) is 16.0 Å². The molecular formula is C20H25NO4. The van der Waals surface area contributed by atoms with Crippen molar-refractivity contribution in [1.29, 1.82) is 0 Å². The van der Waals surface area contributed by atoms with Crippen LogP contribution < -0.4 is 4.74 Å². The minimum atomic E-state index is -0.251. The Morgan fingerprint density at radius 1 is 1.20 bits per heavy atom. The Morgan fingerprint density at radius 2 is 2.00 bits per heavy atom. The molecule has 0 aliphatic rings. The minimum Gasteiger partial charge on any atom is -0.493 e. The average Bonchev–Trinajstić information content (AvgIpc) is 3.12. The van der Waals surface area contributed by atoms with Gasteiger partial charge in [-0.2, -0.15) is 0 Å². The molecule has 1 aromatic heterocycles. The third-order valence-corrected chi connectivity index (χ3v) is 3.64. The number of rotatable bonds is 9. The fraction of sp³-hybridized carbons (Fsp3) is 0.400. The molecule has 0 unspecified atom stereocenters. The second kappa shape index (κ2) is 9.06. The molecule has 25 heavy (non-hydrogen) atoms. The van der Waals surface area contributed by atoms with Crippen molar-refractivity contribution in [2.24, 2.45) is 5.92 Å². The summed E-state index contributed by atoms with van der Waals surface area (Å²) in [5.74, 6) is 0.760. The number of carbonyl (C=O) groups is 2. The highest BCUT2D eigenvalue weighted by Crippen LogP contribution is 2.24. The van der Waals surface area contributed by atoms with Crippen LogP contribution in [0.4, 0.5) is 0 Å². The Balaban J connectivity index is 2.21. The highest BCUT2D eigenvalue weighted by molar-refractivity contribution is 6.07. The van der Waals surface area contributed by atoms with Crippen LogP contribution >= 0.6 is 0 Å². The first-order valence-electron chi connectivity index (χ1n) is 8.60. The van der Waals surface area contributed by atoms with Gasteiger partial charge in [0.1, 0.15) is 5.75 Å². The van der Waals surface area contributed by atoms with E-state index in [0.29, 0.717) is 42.6 Å². The van der Waals surface area contributed by atoms with E-state index in [9.17, 15) is 9.59 Å². The number of esters is 1. The van der Waals surface area contributed by atoms with Crippen LogP contribution in [0.3, 0.4) is 0 Å². The Labute approximate surface area is 148 Å². The fourth-order valence-corrected chi connectivity index (χ4v) is 2.41. The number of carbonyl (C=O) groups excluding carboxylic acids is 2. The average molecular weight is 343 g/mol. The zero-order valence-corrected chi connectivity index (χ0v) is 15.0. The van der Waals surface area contributed by atoms with E-state index in [2.05, 4.69) is 18.8 Å². The molecule has 1 heterocycles. The van der Waals surface area contributed by atoms with Gasteiger partial charge < -0.3 is 14.5 Å². The van der Waals surface area contributed by atoms with Gasteiger partial charge in [0, 0.05) is 18.2 Å². The number of hydrogen-bond donors (Lipinski definition) is 1. The summed E-state index contributed by atoms with van der Waals surface area (Å²) >= 11 is 0. The summed E-state index contributed by atoms with van der Waals surface area (Å²) in [5.41, 5.74) is 1.94. The van der Waals surface area contributed by atoms with Crippen LogP contribution in [0.1, 0.15) is 48.8 Å². The molecule has 0 fully saturated rings. The highest BCUT2D eigenvalue weighted by atomic mass is 16.5. The fourth-order valence-electron chi connectivity index (χ4n) is 2.41. The molecule has 0 saturated heterocycles. The minimum absolute atomic E-state index is 0.0854. The first-order valence-corrected chi connectivity index (χ1v) is 8.60. The molecule has 2 rings (SSSR count). The lowest BCUT2D eigenvalue weighted by atomic mass is 10.0. The first kappa shape index (κ1) is 18.8. The number of ether oxygens (including phenoxy) is 2. The lowest BCUT2D eigenvalue weighted by Crippen LogP contribution is -2.10. The van der Waals surface area contributed by atoms with Crippen LogP contribution in [0.25, 0.3) is 0 Å². The Kier molecular flexibility index (Phi) is 6.81. The standard InChI is InChI=1S/C20H25NO4/c1-4-24-19(22)10-8-15-12-16(20(23)17-6-5-11-21-17)7-9-18(15)25-13-14(2)3/h5-7,9,11-12,14,21H,4,8,10,13H2,1-3H3. The maximum absolute atomic E-state index is 12.5. The van der Waals surface area contributed by atoms with Crippen LogP contribution in [0.15, 0.2) is 36.5 Å². The molecule has 0 bridgehead atoms. The smallest absolute Gasteiger partial charge is 0.306 e. The van der Waals surface area contributed by atoms with Gasteiger partial charge in [-0.05, 0) is 55.2 Å². The molecule has 1 aromatic carbocycles. The first-order chi connectivity index (χ1) is 12.0. The third kappa shape index (κ3) is 5.48. The summed E-state index contributed by atoms with van der Waals surface area (Å²) in [4.78, 5) is 27.1. The molecule has 0 aliphatic carbocycles. The molecule has 5 nitrogen and oxygen atoms in total. The van der Waals surface area contributed by atoms with Gasteiger partial charge in [0.2, 0.25) is 5.78 Å². The van der Waals surface area contributed by atoms with Gasteiger partial charge in [-0.3, -0.25) is 9.59 Å². The third-order valence-electron chi connectivity index (χ3n) is 3.64. The SMILES string of the molecule is CCOC(=O)CCc1cc(C(=O)c2ccc[nH]2)ccc1OCC(C)C. The summed E-state index contributed by atoms with van der Waals surface area (Å²) in [6.07, 6.45) is 2.44. The van der Waals surface area contributed by atoms with Crippen molar-refractivity contribution in [2.75, 3.05) is 13.2 Å². The van der Waals surface area contributed by atoms with Crippen LogP contribution in [-0.4, -0.2) is 30.0 Å². The van der Waals surface area contributed by atoms with Crippen molar-refractivity contribution < 1.29 is 19.1 Å². The van der Waals surface area contributed by atoms with Crippen molar-refractivity contribution in [2.45, 2.75) is 33.6 Å². The van der Waals surface area contributed by atoms with E-state index in [4.69, 9.17) is 9.47 Å². The maximum Gasteiger partial charge on any atom is 0.306 e. The van der Waals surface area contributed by atoms with E-state index in [-0.39, 0.29) is 18.2 Å². The molecule has 0 aliphatic heterocycles. The van der Waals surface area contributed by atoms with Gasteiger partial charge in [0.25, 0.3) is 0 Å². The van der Waals surface area contributed by atoms with Crippen LogP contribution in [0, 0.1) is 5.92 Å². The van der Waals surface area contributed by atoms with Crippen molar-refractivity contribution in [3.8, 4) is 5.75 Å². The molecular weight excluding hydrogens is 318 g/mol. The van der Waals surface area contributed by atoms with E-state index in [0.717, 1.165) is 5.56 Å². The zero-order valence-electron chi connectivity index (χ0n) is 15.0. The van der Waals surface area contributed by atoms with Crippen molar-refractivity contribution in [1.82, 2.24) is 4.98 Å². The van der Waals surface area contributed by atoms with Gasteiger partial charge in [-0.15, -0.1) is 0 Å². The normalized spacial score (nSPS) is 10.7. The van der Waals surface area contributed by atoms with E-state index < -0.39 is 0 Å². The van der Waals surface area contributed by atoms with E-state index >= 15 is 0 Å². The second-order valence-corrected chi connectivity index (χ2v) is 6.25. The van der Waals surface area contributed by atoms with Crippen molar-refractivity contribution in [3.63, 3.8) is 0 Å². The molecule has 0 amide bonds. The van der Waals surface area contributed by atoms with Crippen LogP contribution in [0.5, 0.6) is 5.75 Å². The number of aromatic nitrogens is 1. The summed E-state index contributed by atoms with van der Waals surface area (Å²) in [5, 5.41) is 0. The summed E-state index contributed by atoms with van der Waals surface area (Å²) in [7, 11) is 0. The number of hydrogen-bond acceptors (Lipinski definition) is 4. The van der Waals surface area contributed by atoms with Crippen molar-refractivity contribution in [3.05, 3.63) is 53.3 Å². The quantitative estimate of drug-likeness (QED) is 0.556. The lowest BCUT2D eigenvalue weighted by molar-refractivity contribution is -0.143. The number of H-pyrrole nitrogens is 1. The summed E-state index contributed by atoms with van der Waals surface area (Å²) in [6, 6.07) is 8.89. The molecule has 2 aromatic rings. The second-order valence-electron chi connectivity index (χ2n) is 6.25. The molecule has 0 atom stereocenters. The largest absolute Gasteiger partial charge is 0.493 e. The molecule has 134 valence electrons. The van der Waals surface area contributed by atoms with Gasteiger partial charge >= 0.3 is 5.97 Å². The number of ketones is 1. The summed E-state index contributed by atoms with van der Waals surface area (Å²) < 4.78 is 10.8. The molecule has 0 spiro atoms. The number of nitrogens with one attached hydrogen (secondary N) is 1. The van der Waals surface area contributed by atoms with E-state index in [1.54, 1.807) is 43.5 Å².